The Bertz CT molecular complexity index is 1430. The lowest BCUT2D eigenvalue weighted by atomic mass is 10.1. The highest BCUT2D eigenvalue weighted by Gasteiger charge is 2.27. The number of aromatic nitrogens is 1. The van der Waals surface area contributed by atoms with Crippen LogP contribution < -0.4 is 14.8 Å². The van der Waals surface area contributed by atoms with Gasteiger partial charge in [-0.25, -0.2) is 0 Å². The molecular formula is C27H24N4O5. The van der Waals surface area contributed by atoms with Gasteiger partial charge in [0.25, 0.3) is 11.8 Å². The average Bonchev–Trinajstić information content (AvgIpc) is 3.19. The maximum Gasteiger partial charge on any atom is 0.283 e. The van der Waals surface area contributed by atoms with Crippen LogP contribution in [0.4, 0.5) is 5.69 Å². The molecule has 1 unspecified atom stereocenters. The number of nitrogens with zero attached hydrogens (tertiary/aromatic N) is 3. The predicted molar refractivity (Wildman–Crippen MR) is 133 cm³/mol. The van der Waals surface area contributed by atoms with Gasteiger partial charge in [-0.15, -0.1) is 10.2 Å². The molecule has 0 radical (unpaired) electrons. The summed E-state index contributed by atoms with van der Waals surface area (Å²) in [6, 6.07) is 24.4. The van der Waals surface area contributed by atoms with Crippen molar-refractivity contribution < 1.29 is 24.2 Å². The van der Waals surface area contributed by atoms with Crippen LogP contribution in [0, 0.1) is 0 Å². The van der Waals surface area contributed by atoms with E-state index in [9.17, 15) is 14.7 Å². The third-order valence-electron chi connectivity index (χ3n) is 5.86. The number of fused-ring (bicyclic) bond motifs is 2. The lowest BCUT2D eigenvalue weighted by molar-refractivity contribution is -0.132. The second-order valence-corrected chi connectivity index (χ2v) is 8.25. The Morgan fingerprint density at radius 2 is 1.69 bits per heavy atom. The lowest BCUT2D eigenvalue weighted by Gasteiger charge is -2.25. The fraction of sp³-hybridized carbons (Fsp3) is 0.185. The third-order valence-corrected chi connectivity index (χ3v) is 5.86. The van der Waals surface area contributed by atoms with Crippen LogP contribution >= 0.6 is 0 Å². The van der Waals surface area contributed by atoms with Crippen molar-refractivity contribution in [3.63, 3.8) is 0 Å². The summed E-state index contributed by atoms with van der Waals surface area (Å²) >= 11 is 0. The minimum atomic E-state index is -0.878. The summed E-state index contributed by atoms with van der Waals surface area (Å²) in [5.41, 5.74) is 2.13. The van der Waals surface area contributed by atoms with Crippen molar-refractivity contribution in [2.24, 2.45) is 10.2 Å². The number of carbonyl (C=O) groups is 2. The molecule has 1 aliphatic rings. The highest BCUT2D eigenvalue weighted by Crippen LogP contribution is 2.39. The summed E-state index contributed by atoms with van der Waals surface area (Å²) in [5.74, 6) is -0.197. The van der Waals surface area contributed by atoms with E-state index < -0.39 is 17.9 Å². The van der Waals surface area contributed by atoms with Crippen molar-refractivity contribution >= 4 is 28.4 Å². The van der Waals surface area contributed by atoms with Crippen molar-refractivity contribution in [2.75, 3.05) is 13.2 Å². The fourth-order valence-corrected chi connectivity index (χ4v) is 4.05. The molecule has 36 heavy (non-hydrogen) atoms. The molecule has 2 N–H and O–H groups in total. The number of aromatic hydroxyl groups is 1. The van der Waals surface area contributed by atoms with Gasteiger partial charge in [-0.05, 0) is 30.2 Å². The minimum Gasteiger partial charge on any atom is -0.493 e. The maximum atomic E-state index is 12.4. The fourth-order valence-electron chi connectivity index (χ4n) is 4.05. The first-order chi connectivity index (χ1) is 17.6. The number of rotatable bonds is 7. The second-order valence-electron chi connectivity index (χ2n) is 8.25. The summed E-state index contributed by atoms with van der Waals surface area (Å²) in [6.07, 6.45) is -0.164. The number of hydrogen-bond acceptors (Lipinski definition) is 6. The molecule has 4 aromatic rings. The van der Waals surface area contributed by atoms with Gasteiger partial charge in [-0.2, -0.15) is 0 Å². The molecule has 3 aromatic carbocycles. The van der Waals surface area contributed by atoms with Crippen molar-refractivity contribution in [3.8, 4) is 17.4 Å². The molecular weight excluding hydrogens is 460 g/mol. The summed E-state index contributed by atoms with van der Waals surface area (Å²) in [4.78, 5) is 24.8. The van der Waals surface area contributed by atoms with Gasteiger partial charge in [0.05, 0.1) is 5.52 Å². The number of amides is 2. The van der Waals surface area contributed by atoms with E-state index in [0.29, 0.717) is 29.9 Å². The standard InChI is InChI=1S/C27H24N4O5/c32-24(16-28-26(33)23-17-35-21-12-6-7-13-22(21)36-23)29-30-25-19-10-4-5-11-20(19)31(27(25)34)15-14-18-8-2-1-3-9-18/h1-13,23,34H,14-17H2,(H,28,33). The molecule has 2 amide bonds. The third kappa shape index (κ3) is 4.90. The Kier molecular flexibility index (Phi) is 6.61. The summed E-state index contributed by atoms with van der Waals surface area (Å²) in [7, 11) is 0. The first-order valence-corrected chi connectivity index (χ1v) is 11.5. The van der Waals surface area contributed by atoms with E-state index in [4.69, 9.17) is 9.47 Å². The topological polar surface area (TPSA) is 115 Å². The monoisotopic (exact) mass is 484 g/mol. The van der Waals surface area contributed by atoms with Gasteiger partial charge < -0.3 is 24.5 Å². The Morgan fingerprint density at radius 3 is 2.53 bits per heavy atom. The molecule has 182 valence electrons. The van der Waals surface area contributed by atoms with Crippen LogP contribution in [0.2, 0.25) is 0 Å². The number of carbonyl (C=O) groups excluding carboxylic acids is 2. The van der Waals surface area contributed by atoms with Crippen LogP contribution in [-0.2, 0) is 22.6 Å². The highest BCUT2D eigenvalue weighted by molar-refractivity contribution is 5.95. The van der Waals surface area contributed by atoms with Crippen LogP contribution in [0.5, 0.6) is 17.4 Å². The molecule has 9 heteroatoms. The number of benzene rings is 3. The van der Waals surface area contributed by atoms with Gasteiger partial charge in [0.2, 0.25) is 12.0 Å². The van der Waals surface area contributed by atoms with Gasteiger partial charge >= 0.3 is 0 Å². The molecule has 0 bridgehead atoms. The largest absolute Gasteiger partial charge is 0.493 e. The van der Waals surface area contributed by atoms with E-state index in [1.165, 1.54) is 0 Å². The average molecular weight is 485 g/mol. The smallest absolute Gasteiger partial charge is 0.283 e. The molecule has 5 rings (SSSR count). The van der Waals surface area contributed by atoms with E-state index in [2.05, 4.69) is 15.5 Å². The van der Waals surface area contributed by atoms with E-state index in [-0.39, 0.29) is 24.7 Å². The number of ether oxygens (including phenoxy) is 2. The van der Waals surface area contributed by atoms with E-state index >= 15 is 0 Å². The lowest BCUT2D eigenvalue weighted by Crippen LogP contribution is -2.45. The Labute approximate surface area is 207 Å². The number of para-hydroxylation sites is 3. The molecule has 9 nitrogen and oxygen atoms in total. The molecule has 0 saturated heterocycles. The Balaban J connectivity index is 1.24. The predicted octanol–water partition coefficient (Wildman–Crippen LogP) is 4.16. The van der Waals surface area contributed by atoms with Gasteiger partial charge in [-0.3, -0.25) is 9.59 Å². The molecule has 1 aromatic heterocycles. The van der Waals surface area contributed by atoms with Crippen molar-refractivity contribution in [2.45, 2.75) is 19.1 Å². The summed E-state index contributed by atoms with van der Waals surface area (Å²) < 4.78 is 12.9. The van der Waals surface area contributed by atoms with Crippen LogP contribution in [0.1, 0.15) is 5.56 Å². The van der Waals surface area contributed by atoms with E-state index in [0.717, 1.165) is 11.1 Å². The molecule has 2 heterocycles. The molecule has 0 saturated carbocycles. The Hall–Kier alpha value is -4.66. The second kappa shape index (κ2) is 10.3. The zero-order chi connectivity index (χ0) is 24.9. The first-order valence-electron chi connectivity index (χ1n) is 11.5. The zero-order valence-corrected chi connectivity index (χ0v) is 19.3. The van der Waals surface area contributed by atoms with Gasteiger partial charge in [0.1, 0.15) is 13.2 Å². The Morgan fingerprint density at radius 1 is 0.972 bits per heavy atom. The van der Waals surface area contributed by atoms with Crippen molar-refractivity contribution in [3.05, 3.63) is 84.4 Å². The summed E-state index contributed by atoms with van der Waals surface area (Å²) in [5, 5.41) is 21.8. The molecule has 0 fully saturated rings. The first kappa shape index (κ1) is 23.1. The summed E-state index contributed by atoms with van der Waals surface area (Å²) in [6.45, 7) is 0.203. The van der Waals surface area contributed by atoms with Crippen LogP contribution in [0.25, 0.3) is 10.9 Å². The highest BCUT2D eigenvalue weighted by atomic mass is 16.6. The van der Waals surface area contributed by atoms with Gasteiger partial charge in [0, 0.05) is 11.9 Å². The zero-order valence-electron chi connectivity index (χ0n) is 19.3. The van der Waals surface area contributed by atoms with E-state index in [1.807, 2.05) is 60.7 Å². The maximum absolute atomic E-state index is 12.4. The van der Waals surface area contributed by atoms with Gasteiger partial charge in [0.15, 0.2) is 17.2 Å². The van der Waals surface area contributed by atoms with Crippen LogP contribution in [0.15, 0.2) is 89.1 Å². The van der Waals surface area contributed by atoms with Gasteiger partial charge in [-0.1, -0.05) is 60.7 Å². The molecule has 0 aliphatic carbocycles. The number of hydrogen-bond donors (Lipinski definition) is 2. The quantitative estimate of drug-likeness (QED) is 0.383. The van der Waals surface area contributed by atoms with Crippen LogP contribution in [0.3, 0.4) is 0 Å². The molecule has 1 aliphatic heterocycles. The SMILES string of the molecule is O=C(CNC(=O)C1COc2ccccc2O1)N=Nc1c(O)n(CCc2ccccc2)c2ccccc12. The molecule has 0 spiro atoms. The normalized spacial score (nSPS) is 14.7. The van der Waals surface area contributed by atoms with Crippen molar-refractivity contribution in [1.29, 1.82) is 0 Å². The number of nitrogens with one attached hydrogen (secondary N) is 1. The van der Waals surface area contributed by atoms with Crippen molar-refractivity contribution in [1.82, 2.24) is 9.88 Å². The van der Waals surface area contributed by atoms with E-state index in [1.54, 1.807) is 22.8 Å². The number of aryl methyl sites for hydroxylation is 2. The molecule has 1 atom stereocenters. The number of azo groups is 1. The minimum absolute atomic E-state index is 0.0366. The van der Waals surface area contributed by atoms with Crippen LogP contribution in [-0.4, -0.2) is 40.7 Å².